The van der Waals surface area contributed by atoms with Gasteiger partial charge in [0.2, 0.25) is 5.89 Å². The van der Waals surface area contributed by atoms with Gasteiger partial charge in [-0.2, -0.15) is 15.0 Å². The Bertz CT molecular complexity index is 701. The van der Waals surface area contributed by atoms with E-state index in [4.69, 9.17) is 18.7 Å². The van der Waals surface area contributed by atoms with Gasteiger partial charge in [-0.15, -0.1) is 0 Å². The van der Waals surface area contributed by atoms with Crippen LogP contribution in [0.25, 0.3) is 0 Å². The van der Waals surface area contributed by atoms with Crippen LogP contribution in [-0.4, -0.2) is 64.5 Å². The fourth-order valence-electron chi connectivity index (χ4n) is 3.30. The molecular formula is C17H23N5O4. The normalized spacial score (nSPS) is 21.8. The maximum atomic E-state index is 5.85. The van der Waals surface area contributed by atoms with Gasteiger partial charge in [-0.25, -0.2) is 0 Å². The highest BCUT2D eigenvalue weighted by Crippen LogP contribution is 2.25. The number of rotatable bonds is 6. The SMILES string of the molecule is COc1cnc(OC2CCN(Cc3noc(C4CCOCC4)n3)C2)nc1. The molecule has 1 atom stereocenters. The van der Waals surface area contributed by atoms with Crippen LogP contribution in [0.1, 0.15) is 36.9 Å². The highest BCUT2D eigenvalue weighted by atomic mass is 16.5. The van der Waals surface area contributed by atoms with E-state index in [1.54, 1.807) is 19.5 Å². The van der Waals surface area contributed by atoms with Gasteiger partial charge in [0.05, 0.1) is 26.0 Å². The number of hydrogen-bond acceptors (Lipinski definition) is 9. The summed E-state index contributed by atoms with van der Waals surface area (Å²) in [5.41, 5.74) is 0. The molecule has 0 bridgehead atoms. The zero-order valence-corrected chi connectivity index (χ0v) is 14.8. The molecule has 9 heteroatoms. The molecule has 1 unspecified atom stereocenters. The van der Waals surface area contributed by atoms with Gasteiger partial charge >= 0.3 is 6.01 Å². The van der Waals surface area contributed by atoms with Crippen molar-refractivity contribution in [3.63, 3.8) is 0 Å². The number of methoxy groups -OCH3 is 1. The van der Waals surface area contributed by atoms with E-state index in [-0.39, 0.29) is 6.10 Å². The Kier molecular flexibility index (Phi) is 5.26. The van der Waals surface area contributed by atoms with Crippen LogP contribution < -0.4 is 9.47 Å². The Balaban J connectivity index is 1.28. The highest BCUT2D eigenvalue weighted by molar-refractivity contribution is 5.13. The van der Waals surface area contributed by atoms with Crippen molar-refractivity contribution < 1.29 is 18.7 Å². The molecule has 4 rings (SSSR count). The molecule has 2 saturated heterocycles. The monoisotopic (exact) mass is 361 g/mol. The smallest absolute Gasteiger partial charge is 0.316 e. The van der Waals surface area contributed by atoms with Crippen molar-refractivity contribution in [1.29, 1.82) is 0 Å². The van der Waals surface area contributed by atoms with Gasteiger partial charge < -0.3 is 18.7 Å². The molecule has 2 aliphatic rings. The van der Waals surface area contributed by atoms with Gasteiger partial charge in [-0.3, -0.25) is 4.90 Å². The van der Waals surface area contributed by atoms with Gasteiger partial charge in [-0.1, -0.05) is 5.16 Å². The number of nitrogens with zero attached hydrogens (tertiary/aromatic N) is 5. The summed E-state index contributed by atoms with van der Waals surface area (Å²) in [6.45, 7) is 3.90. The molecule has 9 nitrogen and oxygen atoms in total. The van der Waals surface area contributed by atoms with Crippen LogP contribution in [0.4, 0.5) is 0 Å². The second kappa shape index (κ2) is 7.96. The minimum absolute atomic E-state index is 0.0604. The number of likely N-dealkylation sites (tertiary alicyclic amines) is 1. The molecule has 0 saturated carbocycles. The standard InChI is InChI=1S/C17H23N5O4/c1-23-14-8-18-17(19-9-14)25-13-2-5-22(10-13)11-15-20-16(26-21-15)12-3-6-24-7-4-12/h8-9,12-13H,2-7,10-11H2,1H3. The summed E-state index contributed by atoms with van der Waals surface area (Å²) in [4.78, 5) is 15.1. The molecule has 0 amide bonds. The Labute approximate surface area is 151 Å². The van der Waals surface area contributed by atoms with Crippen LogP contribution >= 0.6 is 0 Å². The molecule has 140 valence electrons. The molecule has 0 N–H and O–H groups in total. The Morgan fingerprint density at radius 2 is 2.00 bits per heavy atom. The maximum Gasteiger partial charge on any atom is 0.316 e. The molecule has 0 aliphatic carbocycles. The second-order valence-electron chi connectivity index (χ2n) is 6.60. The van der Waals surface area contributed by atoms with Crippen LogP contribution in [0.15, 0.2) is 16.9 Å². The summed E-state index contributed by atoms with van der Waals surface area (Å²) < 4.78 is 21.7. The Morgan fingerprint density at radius 1 is 1.19 bits per heavy atom. The van der Waals surface area contributed by atoms with Gasteiger partial charge in [0.25, 0.3) is 0 Å². The lowest BCUT2D eigenvalue weighted by molar-refractivity contribution is 0.0778. The van der Waals surface area contributed by atoms with E-state index in [9.17, 15) is 0 Å². The Hall–Kier alpha value is -2.26. The van der Waals surface area contributed by atoms with Crippen molar-refractivity contribution in [2.75, 3.05) is 33.4 Å². The summed E-state index contributed by atoms with van der Waals surface area (Å²) in [7, 11) is 1.58. The van der Waals surface area contributed by atoms with Crippen LogP contribution in [0, 0.1) is 0 Å². The van der Waals surface area contributed by atoms with Gasteiger partial charge in [0.15, 0.2) is 11.6 Å². The molecule has 0 aromatic carbocycles. The molecule has 2 aromatic heterocycles. The molecule has 2 fully saturated rings. The summed E-state index contributed by atoms with van der Waals surface area (Å²) >= 11 is 0. The first kappa shape index (κ1) is 17.2. The van der Waals surface area contributed by atoms with Crippen LogP contribution in [0.2, 0.25) is 0 Å². The largest absolute Gasteiger partial charge is 0.494 e. The minimum atomic E-state index is 0.0604. The maximum absolute atomic E-state index is 5.85. The lowest BCUT2D eigenvalue weighted by Gasteiger charge is -2.18. The van der Waals surface area contributed by atoms with E-state index in [0.717, 1.165) is 57.3 Å². The first-order chi connectivity index (χ1) is 12.8. The zero-order chi connectivity index (χ0) is 17.8. The third-order valence-corrected chi connectivity index (χ3v) is 4.76. The van der Waals surface area contributed by atoms with Crippen LogP contribution in [-0.2, 0) is 11.3 Å². The lowest BCUT2D eigenvalue weighted by Crippen LogP contribution is -2.25. The van der Waals surface area contributed by atoms with Crippen molar-refractivity contribution in [3.8, 4) is 11.8 Å². The van der Waals surface area contributed by atoms with Crippen LogP contribution in [0.5, 0.6) is 11.8 Å². The molecular weight excluding hydrogens is 338 g/mol. The molecule has 4 heterocycles. The van der Waals surface area contributed by atoms with E-state index in [1.165, 1.54) is 0 Å². The fourth-order valence-corrected chi connectivity index (χ4v) is 3.30. The van der Waals surface area contributed by atoms with E-state index in [2.05, 4.69) is 25.0 Å². The van der Waals surface area contributed by atoms with Crippen LogP contribution in [0.3, 0.4) is 0 Å². The van der Waals surface area contributed by atoms with Crippen molar-refractivity contribution >= 4 is 0 Å². The van der Waals surface area contributed by atoms with E-state index in [1.807, 2.05) is 0 Å². The average Bonchev–Trinajstić information content (AvgIpc) is 3.33. The summed E-state index contributed by atoms with van der Waals surface area (Å²) in [6.07, 6.45) is 6.08. The van der Waals surface area contributed by atoms with Gasteiger partial charge in [0.1, 0.15) is 6.10 Å². The number of aromatic nitrogens is 4. The second-order valence-corrected chi connectivity index (χ2v) is 6.60. The number of ether oxygens (including phenoxy) is 3. The lowest BCUT2D eigenvalue weighted by atomic mass is 10.0. The fraction of sp³-hybridized carbons (Fsp3) is 0.647. The predicted molar refractivity (Wildman–Crippen MR) is 90.0 cm³/mol. The quantitative estimate of drug-likeness (QED) is 0.756. The van der Waals surface area contributed by atoms with Gasteiger partial charge in [-0.05, 0) is 19.3 Å². The topological polar surface area (TPSA) is 95.6 Å². The molecule has 0 radical (unpaired) electrons. The van der Waals surface area contributed by atoms with E-state index >= 15 is 0 Å². The third kappa shape index (κ3) is 4.10. The summed E-state index contributed by atoms with van der Waals surface area (Å²) in [5.74, 6) is 2.41. The number of hydrogen-bond donors (Lipinski definition) is 0. The highest BCUT2D eigenvalue weighted by Gasteiger charge is 2.27. The first-order valence-corrected chi connectivity index (χ1v) is 8.95. The molecule has 2 aliphatic heterocycles. The average molecular weight is 361 g/mol. The third-order valence-electron chi connectivity index (χ3n) is 4.76. The van der Waals surface area contributed by atoms with Crippen molar-refractivity contribution in [3.05, 3.63) is 24.1 Å². The zero-order valence-electron chi connectivity index (χ0n) is 14.8. The Morgan fingerprint density at radius 3 is 2.77 bits per heavy atom. The molecule has 0 spiro atoms. The van der Waals surface area contributed by atoms with Crippen molar-refractivity contribution in [1.82, 2.24) is 25.0 Å². The molecule has 26 heavy (non-hydrogen) atoms. The van der Waals surface area contributed by atoms with Crippen molar-refractivity contribution in [2.45, 2.75) is 37.8 Å². The predicted octanol–water partition coefficient (Wildman–Crippen LogP) is 1.42. The van der Waals surface area contributed by atoms with E-state index < -0.39 is 0 Å². The van der Waals surface area contributed by atoms with Crippen molar-refractivity contribution in [2.24, 2.45) is 0 Å². The summed E-state index contributed by atoms with van der Waals surface area (Å²) in [6, 6.07) is 0.374. The molecule has 2 aromatic rings. The first-order valence-electron chi connectivity index (χ1n) is 8.95. The minimum Gasteiger partial charge on any atom is -0.494 e. The summed E-state index contributed by atoms with van der Waals surface area (Å²) in [5, 5.41) is 4.14. The van der Waals surface area contributed by atoms with Gasteiger partial charge in [0, 0.05) is 32.2 Å². The van der Waals surface area contributed by atoms with E-state index in [0.29, 0.717) is 24.2 Å².